The Morgan fingerprint density at radius 3 is 2.76 bits per heavy atom. The molecule has 2 aromatic rings. The number of benzene rings is 1. The summed E-state index contributed by atoms with van der Waals surface area (Å²) >= 11 is 0. The lowest BCUT2D eigenvalue weighted by molar-refractivity contribution is 0.119. The average Bonchev–Trinajstić information content (AvgIpc) is 2.50. The van der Waals surface area contributed by atoms with Gasteiger partial charge in [0.2, 0.25) is 0 Å². The van der Waals surface area contributed by atoms with Gasteiger partial charge in [0.05, 0.1) is 11.7 Å². The molecule has 0 amide bonds. The first-order chi connectivity index (χ1) is 10.3. The zero-order valence-corrected chi connectivity index (χ0v) is 11.7. The Kier molecular flexibility index (Phi) is 4.02. The van der Waals surface area contributed by atoms with E-state index in [0.717, 1.165) is 30.0 Å². The van der Waals surface area contributed by atoms with E-state index < -0.39 is 0 Å². The fourth-order valence-electron chi connectivity index (χ4n) is 2.18. The molecule has 1 aromatic carbocycles. The van der Waals surface area contributed by atoms with Gasteiger partial charge in [-0.25, -0.2) is 4.98 Å². The van der Waals surface area contributed by atoms with Gasteiger partial charge in [-0.1, -0.05) is 18.2 Å². The molecule has 1 saturated carbocycles. The van der Waals surface area contributed by atoms with Crippen LogP contribution in [0.5, 0.6) is 5.75 Å². The van der Waals surface area contributed by atoms with Crippen molar-refractivity contribution >= 4 is 5.82 Å². The Hall–Kier alpha value is -2.54. The Labute approximate surface area is 124 Å². The van der Waals surface area contributed by atoms with Gasteiger partial charge in [0.1, 0.15) is 17.6 Å². The number of aromatic nitrogens is 1. The molecule has 0 unspecified atom stereocenters. The van der Waals surface area contributed by atoms with E-state index in [1.165, 1.54) is 6.42 Å². The largest absolute Gasteiger partial charge is 0.490 e. The Bertz CT molecular complexity index is 642. The third kappa shape index (κ3) is 3.32. The zero-order valence-electron chi connectivity index (χ0n) is 11.7. The third-order valence-corrected chi connectivity index (χ3v) is 3.67. The lowest BCUT2D eigenvalue weighted by Gasteiger charge is -2.27. The summed E-state index contributed by atoms with van der Waals surface area (Å²) in [4.78, 5) is 4.21. The Morgan fingerprint density at radius 2 is 2.10 bits per heavy atom. The van der Waals surface area contributed by atoms with Crippen LogP contribution < -0.4 is 10.1 Å². The van der Waals surface area contributed by atoms with Gasteiger partial charge in [-0.3, -0.25) is 0 Å². The minimum absolute atomic E-state index is 0.374. The van der Waals surface area contributed by atoms with E-state index in [0.29, 0.717) is 18.2 Å². The summed E-state index contributed by atoms with van der Waals surface area (Å²) in [6.45, 7) is 0.655. The van der Waals surface area contributed by atoms with Crippen molar-refractivity contribution in [1.82, 2.24) is 4.98 Å². The van der Waals surface area contributed by atoms with Gasteiger partial charge in [-0.2, -0.15) is 5.26 Å². The number of ether oxygens (including phenoxy) is 1. The van der Waals surface area contributed by atoms with Crippen LogP contribution in [0.25, 0.3) is 0 Å². The molecule has 0 saturated heterocycles. The average molecular weight is 279 g/mol. The van der Waals surface area contributed by atoms with Crippen LogP contribution in [0.1, 0.15) is 30.4 Å². The fourth-order valence-corrected chi connectivity index (χ4v) is 2.18. The van der Waals surface area contributed by atoms with Crippen LogP contribution in [0.3, 0.4) is 0 Å². The molecule has 0 radical (unpaired) electrons. The summed E-state index contributed by atoms with van der Waals surface area (Å²) in [6, 6.07) is 13.7. The van der Waals surface area contributed by atoms with Gasteiger partial charge in [0.15, 0.2) is 0 Å². The van der Waals surface area contributed by atoms with Crippen molar-refractivity contribution in [3.05, 3.63) is 53.7 Å². The summed E-state index contributed by atoms with van der Waals surface area (Å²) in [5.41, 5.74) is 1.69. The van der Waals surface area contributed by atoms with E-state index in [2.05, 4.69) is 22.4 Å². The number of anilines is 1. The summed E-state index contributed by atoms with van der Waals surface area (Å²) in [7, 11) is 0. The first-order valence-corrected chi connectivity index (χ1v) is 7.20. The molecule has 4 heteroatoms. The summed E-state index contributed by atoms with van der Waals surface area (Å²) < 4.78 is 6.00. The molecule has 106 valence electrons. The maximum Gasteiger partial charge on any atom is 0.126 e. The maximum atomic E-state index is 8.76. The first kappa shape index (κ1) is 13.4. The Morgan fingerprint density at radius 1 is 1.24 bits per heavy atom. The van der Waals surface area contributed by atoms with Crippen molar-refractivity contribution in [3.8, 4) is 11.8 Å². The minimum Gasteiger partial charge on any atom is -0.490 e. The molecular weight excluding hydrogens is 262 g/mol. The van der Waals surface area contributed by atoms with Crippen molar-refractivity contribution in [1.29, 1.82) is 5.26 Å². The van der Waals surface area contributed by atoms with Gasteiger partial charge in [0, 0.05) is 18.3 Å². The van der Waals surface area contributed by atoms with Crippen LogP contribution in [-0.4, -0.2) is 11.1 Å². The highest BCUT2D eigenvalue weighted by Crippen LogP contribution is 2.27. The molecular formula is C17H17N3O. The quantitative estimate of drug-likeness (QED) is 0.910. The number of hydrogen-bond donors (Lipinski definition) is 1. The number of nitrogens with zero attached hydrogens (tertiary/aromatic N) is 2. The number of nitrogens with one attached hydrogen (secondary N) is 1. The molecule has 1 aliphatic rings. The second-order valence-electron chi connectivity index (χ2n) is 5.18. The smallest absolute Gasteiger partial charge is 0.126 e. The number of rotatable bonds is 5. The zero-order chi connectivity index (χ0) is 14.5. The summed E-state index contributed by atoms with van der Waals surface area (Å²) in [5.74, 6) is 1.70. The summed E-state index contributed by atoms with van der Waals surface area (Å²) in [5, 5.41) is 12.0. The van der Waals surface area contributed by atoms with Crippen molar-refractivity contribution in [3.63, 3.8) is 0 Å². The second kappa shape index (κ2) is 6.27. The van der Waals surface area contributed by atoms with Gasteiger partial charge >= 0.3 is 0 Å². The van der Waals surface area contributed by atoms with Crippen LogP contribution in [0.2, 0.25) is 0 Å². The number of hydrogen-bond acceptors (Lipinski definition) is 4. The fraction of sp³-hybridized carbons (Fsp3) is 0.294. The molecule has 21 heavy (non-hydrogen) atoms. The predicted octanol–water partition coefficient (Wildman–Crippen LogP) is 3.50. The molecule has 1 aliphatic carbocycles. The second-order valence-corrected chi connectivity index (χ2v) is 5.18. The lowest BCUT2D eigenvalue weighted by Crippen LogP contribution is -2.25. The van der Waals surface area contributed by atoms with E-state index in [1.54, 1.807) is 12.3 Å². The van der Waals surface area contributed by atoms with E-state index in [1.807, 2.05) is 24.3 Å². The highest BCUT2D eigenvalue weighted by Gasteiger charge is 2.20. The SMILES string of the molecule is N#Cc1ccc(NCc2ccccc2OC2CCC2)nc1. The monoisotopic (exact) mass is 279 g/mol. The first-order valence-electron chi connectivity index (χ1n) is 7.20. The van der Waals surface area contributed by atoms with Crippen molar-refractivity contribution in [2.75, 3.05) is 5.32 Å². The third-order valence-electron chi connectivity index (χ3n) is 3.67. The number of nitriles is 1. The van der Waals surface area contributed by atoms with E-state index in [-0.39, 0.29) is 0 Å². The maximum absolute atomic E-state index is 8.76. The summed E-state index contributed by atoms with van der Waals surface area (Å²) in [6.07, 6.45) is 5.51. The minimum atomic E-state index is 0.374. The standard InChI is InChI=1S/C17H17N3O/c18-10-13-8-9-17(19-11-13)20-12-14-4-1-2-7-16(14)21-15-5-3-6-15/h1-2,4,7-9,11,15H,3,5-6,12H2,(H,19,20). The molecule has 1 heterocycles. The molecule has 0 bridgehead atoms. The number of pyridine rings is 1. The van der Waals surface area contributed by atoms with Crippen LogP contribution in [-0.2, 0) is 6.54 Å². The van der Waals surface area contributed by atoms with Crippen LogP contribution in [0.15, 0.2) is 42.6 Å². The van der Waals surface area contributed by atoms with Gasteiger partial charge < -0.3 is 10.1 Å². The van der Waals surface area contributed by atoms with Gasteiger partial charge in [0.25, 0.3) is 0 Å². The van der Waals surface area contributed by atoms with Crippen molar-refractivity contribution in [2.24, 2.45) is 0 Å². The number of para-hydroxylation sites is 1. The van der Waals surface area contributed by atoms with Crippen LogP contribution >= 0.6 is 0 Å². The van der Waals surface area contributed by atoms with Crippen molar-refractivity contribution < 1.29 is 4.74 Å². The Balaban J connectivity index is 1.65. The van der Waals surface area contributed by atoms with Crippen molar-refractivity contribution in [2.45, 2.75) is 31.9 Å². The molecule has 3 rings (SSSR count). The normalized spacial score (nSPS) is 14.0. The van der Waals surface area contributed by atoms with Gasteiger partial charge in [-0.05, 0) is 37.5 Å². The molecule has 1 aromatic heterocycles. The molecule has 1 fully saturated rings. The van der Waals surface area contributed by atoms with E-state index in [9.17, 15) is 0 Å². The van der Waals surface area contributed by atoms with E-state index in [4.69, 9.17) is 10.00 Å². The highest BCUT2D eigenvalue weighted by atomic mass is 16.5. The highest BCUT2D eigenvalue weighted by molar-refractivity contribution is 5.42. The molecule has 0 spiro atoms. The van der Waals surface area contributed by atoms with Crippen LogP contribution in [0.4, 0.5) is 5.82 Å². The van der Waals surface area contributed by atoms with Crippen LogP contribution in [0, 0.1) is 11.3 Å². The lowest BCUT2D eigenvalue weighted by atomic mass is 9.96. The molecule has 0 atom stereocenters. The molecule has 0 aliphatic heterocycles. The molecule has 4 nitrogen and oxygen atoms in total. The van der Waals surface area contributed by atoms with Gasteiger partial charge in [-0.15, -0.1) is 0 Å². The molecule has 1 N–H and O–H groups in total. The van der Waals surface area contributed by atoms with E-state index >= 15 is 0 Å². The topological polar surface area (TPSA) is 57.9 Å². The predicted molar refractivity (Wildman–Crippen MR) is 81.0 cm³/mol.